The van der Waals surface area contributed by atoms with Crippen LogP contribution in [-0.4, -0.2) is 60.4 Å². The standard InChI is InChI=1S/C18H29N7O2S/c1-4-15(20)17(14-6-7-16(21)22-12-14)18(23-13(3)19)24-8-10-25(11-9-24)28(26,27)5-2/h6-7,12H,3-5,8-11,19-20H2,1-2H3,(H2,21,22)/b17-15-,23-18?. The van der Waals surface area contributed by atoms with Crippen molar-refractivity contribution in [2.75, 3.05) is 37.7 Å². The van der Waals surface area contributed by atoms with Crippen molar-refractivity contribution in [2.45, 2.75) is 20.3 Å². The zero-order valence-corrected chi connectivity index (χ0v) is 17.2. The Morgan fingerprint density at radius 1 is 1.21 bits per heavy atom. The third kappa shape index (κ3) is 5.02. The van der Waals surface area contributed by atoms with E-state index in [9.17, 15) is 8.42 Å². The number of amidine groups is 1. The number of aromatic nitrogens is 1. The van der Waals surface area contributed by atoms with Gasteiger partial charge >= 0.3 is 0 Å². The number of hydrogen-bond donors (Lipinski definition) is 3. The second-order valence-corrected chi connectivity index (χ2v) is 8.70. The maximum absolute atomic E-state index is 12.1. The average Bonchev–Trinajstić information content (AvgIpc) is 2.68. The second-order valence-electron chi connectivity index (χ2n) is 6.44. The van der Waals surface area contributed by atoms with Crippen LogP contribution < -0.4 is 17.2 Å². The number of anilines is 1. The molecular weight excluding hydrogens is 378 g/mol. The Hall–Kier alpha value is -2.59. The molecule has 0 spiro atoms. The number of nitrogens with zero attached hydrogens (tertiary/aromatic N) is 4. The number of pyridine rings is 1. The molecule has 0 saturated carbocycles. The van der Waals surface area contributed by atoms with Crippen LogP contribution in [0.1, 0.15) is 25.8 Å². The quantitative estimate of drug-likeness (QED) is 0.461. The first-order valence-electron chi connectivity index (χ1n) is 9.16. The zero-order valence-electron chi connectivity index (χ0n) is 16.4. The van der Waals surface area contributed by atoms with Gasteiger partial charge < -0.3 is 22.1 Å². The fraction of sp³-hybridized carbons (Fsp3) is 0.444. The zero-order chi connectivity index (χ0) is 20.9. The number of nitrogens with two attached hydrogens (primary N) is 3. The number of rotatable bonds is 6. The van der Waals surface area contributed by atoms with Gasteiger partial charge in [-0.15, -0.1) is 0 Å². The van der Waals surface area contributed by atoms with E-state index in [-0.39, 0.29) is 11.6 Å². The molecule has 1 fully saturated rings. The highest BCUT2D eigenvalue weighted by atomic mass is 32.2. The van der Waals surface area contributed by atoms with Gasteiger partial charge in [-0.25, -0.2) is 18.4 Å². The van der Waals surface area contributed by atoms with Crippen LogP contribution in [0.4, 0.5) is 5.82 Å². The number of allylic oxidation sites excluding steroid dienone is 1. The van der Waals surface area contributed by atoms with E-state index in [0.29, 0.717) is 55.5 Å². The van der Waals surface area contributed by atoms with Crippen LogP contribution in [0.2, 0.25) is 0 Å². The summed E-state index contributed by atoms with van der Waals surface area (Å²) in [6.45, 7) is 8.94. The van der Waals surface area contributed by atoms with Gasteiger partial charge in [-0.3, -0.25) is 0 Å². The third-order valence-electron chi connectivity index (χ3n) is 4.55. The van der Waals surface area contributed by atoms with Crippen LogP contribution in [0, 0.1) is 0 Å². The topological polar surface area (TPSA) is 144 Å². The maximum atomic E-state index is 12.1. The van der Waals surface area contributed by atoms with Crippen LogP contribution in [0.3, 0.4) is 0 Å². The van der Waals surface area contributed by atoms with Crippen LogP contribution in [-0.2, 0) is 10.0 Å². The van der Waals surface area contributed by atoms with Gasteiger partial charge in [-0.1, -0.05) is 13.5 Å². The molecule has 0 bridgehead atoms. The van der Waals surface area contributed by atoms with Crippen molar-refractivity contribution >= 4 is 27.2 Å². The van der Waals surface area contributed by atoms with Crippen molar-refractivity contribution in [2.24, 2.45) is 16.5 Å². The lowest BCUT2D eigenvalue weighted by molar-refractivity contribution is 0.267. The van der Waals surface area contributed by atoms with E-state index in [1.165, 1.54) is 4.31 Å². The summed E-state index contributed by atoms with van der Waals surface area (Å²) in [5.74, 6) is 1.19. The first-order valence-corrected chi connectivity index (χ1v) is 10.8. The van der Waals surface area contributed by atoms with Crippen LogP contribution >= 0.6 is 0 Å². The number of hydrogen-bond acceptors (Lipinski definition) is 7. The first-order chi connectivity index (χ1) is 13.2. The molecule has 1 aliphatic rings. The summed E-state index contributed by atoms with van der Waals surface area (Å²) in [4.78, 5) is 10.6. The predicted octanol–water partition coefficient (Wildman–Crippen LogP) is 0.539. The van der Waals surface area contributed by atoms with E-state index >= 15 is 0 Å². The van der Waals surface area contributed by atoms with Gasteiger partial charge in [0, 0.05) is 49.2 Å². The summed E-state index contributed by atoms with van der Waals surface area (Å²) in [7, 11) is -3.23. The summed E-state index contributed by atoms with van der Waals surface area (Å²) in [5.41, 5.74) is 19.9. The van der Waals surface area contributed by atoms with Crippen molar-refractivity contribution in [3.8, 4) is 0 Å². The molecule has 1 saturated heterocycles. The van der Waals surface area contributed by atoms with Crippen molar-refractivity contribution in [1.82, 2.24) is 14.2 Å². The molecule has 10 heteroatoms. The van der Waals surface area contributed by atoms with Gasteiger partial charge in [-0.2, -0.15) is 4.31 Å². The molecule has 9 nitrogen and oxygen atoms in total. The van der Waals surface area contributed by atoms with E-state index in [1.807, 2.05) is 17.9 Å². The molecule has 0 atom stereocenters. The molecule has 154 valence electrons. The van der Waals surface area contributed by atoms with Crippen molar-refractivity contribution in [3.05, 3.63) is 42.0 Å². The monoisotopic (exact) mass is 407 g/mol. The van der Waals surface area contributed by atoms with Gasteiger partial charge in [0.1, 0.15) is 17.5 Å². The summed E-state index contributed by atoms with van der Waals surface area (Å²) in [6.07, 6.45) is 2.24. The Labute approximate surface area is 166 Å². The lowest BCUT2D eigenvalue weighted by atomic mass is 10.0. The number of sulfonamides is 1. The Balaban J connectivity index is 2.42. The van der Waals surface area contributed by atoms with Gasteiger partial charge in [0.2, 0.25) is 10.0 Å². The second kappa shape index (κ2) is 9.07. The molecule has 0 aromatic carbocycles. The van der Waals surface area contributed by atoms with Gasteiger partial charge in [0.15, 0.2) is 0 Å². The Bertz CT molecular complexity index is 868. The molecule has 0 unspecified atom stereocenters. The minimum Gasteiger partial charge on any atom is -0.401 e. The molecule has 0 amide bonds. The molecule has 28 heavy (non-hydrogen) atoms. The van der Waals surface area contributed by atoms with Gasteiger partial charge in [-0.05, 0) is 25.5 Å². The van der Waals surface area contributed by atoms with Gasteiger partial charge in [0.05, 0.1) is 5.75 Å². The Morgan fingerprint density at radius 3 is 2.32 bits per heavy atom. The minimum absolute atomic E-state index is 0.0819. The number of nitrogen functional groups attached to an aromatic ring is 1. The Kier molecular flexibility index (Phi) is 7.03. The smallest absolute Gasteiger partial charge is 0.213 e. The van der Waals surface area contributed by atoms with E-state index in [1.54, 1.807) is 19.2 Å². The largest absolute Gasteiger partial charge is 0.401 e. The first kappa shape index (κ1) is 21.7. The van der Waals surface area contributed by atoms with Crippen molar-refractivity contribution in [1.29, 1.82) is 0 Å². The van der Waals surface area contributed by atoms with Crippen molar-refractivity contribution in [3.63, 3.8) is 0 Å². The lowest BCUT2D eigenvalue weighted by Gasteiger charge is -2.36. The highest BCUT2D eigenvalue weighted by Crippen LogP contribution is 2.24. The van der Waals surface area contributed by atoms with Gasteiger partial charge in [0.25, 0.3) is 0 Å². The third-order valence-corrected chi connectivity index (χ3v) is 6.43. The van der Waals surface area contributed by atoms with Crippen LogP contribution in [0.5, 0.6) is 0 Å². The van der Waals surface area contributed by atoms with E-state index in [0.717, 1.165) is 5.56 Å². The van der Waals surface area contributed by atoms with Crippen LogP contribution in [0.15, 0.2) is 41.4 Å². The molecule has 2 rings (SSSR count). The van der Waals surface area contributed by atoms with Crippen molar-refractivity contribution < 1.29 is 8.42 Å². The fourth-order valence-electron chi connectivity index (χ4n) is 2.97. The molecule has 6 N–H and O–H groups in total. The highest BCUT2D eigenvalue weighted by molar-refractivity contribution is 7.89. The molecule has 2 heterocycles. The van der Waals surface area contributed by atoms with E-state index < -0.39 is 10.0 Å². The highest BCUT2D eigenvalue weighted by Gasteiger charge is 2.29. The fourth-order valence-corrected chi connectivity index (χ4v) is 4.05. The summed E-state index contributed by atoms with van der Waals surface area (Å²) < 4.78 is 25.8. The maximum Gasteiger partial charge on any atom is 0.213 e. The molecule has 1 aliphatic heterocycles. The molecule has 0 aliphatic carbocycles. The predicted molar refractivity (Wildman–Crippen MR) is 113 cm³/mol. The molecule has 1 aromatic heterocycles. The lowest BCUT2D eigenvalue weighted by Crippen LogP contribution is -2.51. The molecular formula is C18H29N7O2S. The normalized spacial score (nSPS) is 17.4. The summed E-state index contributed by atoms with van der Waals surface area (Å²) in [6, 6.07) is 3.52. The molecule has 0 radical (unpaired) electrons. The van der Waals surface area contributed by atoms with E-state index in [4.69, 9.17) is 17.2 Å². The average molecular weight is 408 g/mol. The molecule has 1 aromatic rings. The number of aliphatic imine (C=N–C) groups is 1. The number of piperazine rings is 1. The SMILES string of the molecule is C=C(N)N=C(/C(=C(\N)CC)c1ccc(N)nc1)N1CCN(S(=O)(=O)CC)CC1. The summed E-state index contributed by atoms with van der Waals surface area (Å²) >= 11 is 0. The van der Waals surface area contributed by atoms with Crippen LogP contribution in [0.25, 0.3) is 5.57 Å². The minimum atomic E-state index is -3.23. The Morgan fingerprint density at radius 2 is 1.86 bits per heavy atom. The summed E-state index contributed by atoms with van der Waals surface area (Å²) in [5, 5.41) is 0. The van der Waals surface area contributed by atoms with E-state index in [2.05, 4.69) is 16.6 Å².